The van der Waals surface area contributed by atoms with Gasteiger partial charge in [0, 0.05) is 11.4 Å². The summed E-state index contributed by atoms with van der Waals surface area (Å²) in [5.41, 5.74) is 3.58. The highest BCUT2D eigenvalue weighted by Crippen LogP contribution is 2.22. The number of aromatic nitrogens is 2. The van der Waals surface area contributed by atoms with E-state index in [-0.39, 0.29) is 0 Å². The van der Waals surface area contributed by atoms with Crippen LogP contribution in [0.3, 0.4) is 0 Å². The van der Waals surface area contributed by atoms with Gasteiger partial charge in [-0.2, -0.15) is 0 Å². The van der Waals surface area contributed by atoms with Crippen molar-refractivity contribution >= 4 is 11.6 Å². The molecular weight excluding hydrogens is 184 g/mol. The van der Waals surface area contributed by atoms with Gasteiger partial charge in [-0.3, -0.25) is 0 Å². The molecule has 1 aromatic heterocycles. The Morgan fingerprint density at radius 2 is 1.85 bits per heavy atom. The van der Waals surface area contributed by atoms with Crippen LogP contribution in [0.1, 0.15) is 36.2 Å². The Hall–Kier alpha value is -0.630. The van der Waals surface area contributed by atoms with E-state index in [1.54, 1.807) is 0 Å². The molecule has 0 spiro atoms. The van der Waals surface area contributed by atoms with Gasteiger partial charge in [0.25, 0.3) is 0 Å². The van der Waals surface area contributed by atoms with Crippen LogP contribution in [0.4, 0.5) is 0 Å². The molecule has 0 bridgehead atoms. The second kappa shape index (κ2) is 3.62. The van der Waals surface area contributed by atoms with Crippen molar-refractivity contribution in [3.05, 3.63) is 22.2 Å². The van der Waals surface area contributed by atoms with Crippen LogP contribution in [0, 0.1) is 6.92 Å². The summed E-state index contributed by atoms with van der Waals surface area (Å²) in [7, 11) is 0. The molecule has 0 saturated carbocycles. The van der Waals surface area contributed by atoms with Crippen molar-refractivity contribution < 1.29 is 0 Å². The first-order valence-electron chi connectivity index (χ1n) is 4.79. The second-order valence-electron chi connectivity index (χ2n) is 3.56. The quantitative estimate of drug-likeness (QED) is 0.471. The number of aryl methyl sites for hydroxylation is 2. The minimum absolute atomic E-state index is 0.401. The fraction of sp³-hybridized carbons (Fsp3) is 0.600. The van der Waals surface area contributed by atoms with Crippen LogP contribution in [-0.4, -0.2) is 9.97 Å². The van der Waals surface area contributed by atoms with E-state index in [0.717, 1.165) is 18.5 Å². The summed E-state index contributed by atoms with van der Waals surface area (Å²) in [6.45, 7) is 2.03. The third-order valence-corrected chi connectivity index (χ3v) is 2.78. The summed E-state index contributed by atoms with van der Waals surface area (Å²) in [5.74, 6) is 0. The van der Waals surface area contributed by atoms with Gasteiger partial charge in [0.1, 0.15) is 0 Å². The van der Waals surface area contributed by atoms with Crippen molar-refractivity contribution in [2.75, 3.05) is 0 Å². The van der Waals surface area contributed by atoms with E-state index in [1.165, 1.54) is 30.5 Å². The van der Waals surface area contributed by atoms with Gasteiger partial charge in [-0.15, -0.1) is 0 Å². The third-order valence-electron chi connectivity index (χ3n) is 2.61. The van der Waals surface area contributed by atoms with Crippen LogP contribution in [0.25, 0.3) is 0 Å². The lowest BCUT2D eigenvalue weighted by molar-refractivity contribution is 0.708. The summed E-state index contributed by atoms with van der Waals surface area (Å²) in [5, 5.41) is 0.401. The van der Waals surface area contributed by atoms with Crippen LogP contribution in [0.5, 0.6) is 0 Å². The topological polar surface area (TPSA) is 25.8 Å². The molecule has 0 unspecified atom stereocenters. The lowest BCUT2D eigenvalue weighted by Crippen LogP contribution is -2.01. The summed E-state index contributed by atoms with van der Waals surface area (Å²) in [4.78, 5) is 8.47. The smallest absolute Gasteiger partial charge is 0.222 e. The number of halogens is 1. The van der Waals surface area contributed by atoms with Crippen molar-refractivity contribution in [2.24, 2.45) is 0 Å². The zero-order valence-corrected chi connectivity index (χ0v) is 8.56. The molecule has 0 radical (unpaired) electrons. The number of hydrogen-bond donors (Lipinski definition) is 0. The Morgan fingerprint density at radius 1 is 1.08 bits per heavy atom. The Bertz CT molecular complexity index is 323. The Morgan fingerprint density at radius 3 is 2.69 bits per heavy atom. The van der Waals surface area contributed by atoms with Gasteiger partial charge in [0.15, 0.2) is 0 Å². The highest BCUT2D eigenvalue weighted by Gasteiger charge is 2.13. The van der Waals surface area contributed by atoms with Crippen molar-refractivity contribution in [1.82, 2.24) is 9.97 Å². The van der Waals surface area contributed by atoms with E-state index in [4.69, 9.17) is 11.6 Å². The molecule has 0 aliphatic heterocycles. The van der Waals surface area contributed by atoms with E-state index < -0.39 is 0 Å². The first kappa shape index (κ1) is 8.95. The van der Waals surface area contributed by atoms with E-state index >= 15 is 0 Å². The van der Waals surface area contributed by atoms with E-state index in [2.05, 4.69) is 9.97 Å². The molecule has 13 heavy (non-hydrogen) atoms. The van der Waals surface area contributed by atoms with Crippen LogP contribution >= 0.6 is 11.6 Å². The van der Waals surface area contributed by atoms with E-state index in [1.807, 2.05) is 6.92 Å². The van der Waals surface area contributed by atoms with Gasteiger partial charge in [-0.05, 0) is 49.8 Å². The average Bonchev–Trinajstić information content (AvgIpc) is 2.28. The van der Waals surface area contributed by atoms with Crippen LogP contribution in [0.2, 0.25) is 5.28 Å². The molecule has 0 aromatic carbocycles. The minimum atomic E-state index is 0.401. The number of rotatable bonds is 0. The molecule has 1 aliphatic carbocycles. The van der Waals surface area contributed by atoms with Crippen LogP contribution in [0.15, 0.2) is 0 Å². The summed E-state index contributed by atoms with van der Waals surface area (Å²) >= 11 is 5.81. The fourth-order valence-corrected chi connectivity index (χ4v) is 2.15. The standard InChI is InChI=1S/C10H13ClN2/c1-7-8-5-3-2-4-6-9(8)13-10(11)12-7/h2-6H2,1H3. The van der Waals surface area contributed by atoms with Crippen molar-refractivity contribution in [3.63, 3.8) is 0 Å². The van der Waals surface area contributed by atoms with Gasteiger partial charge in [-0.1, -0.05) is 6.42 Å². The zero-order valence-electron chi connectivity index (χ0n) is 7.81. The largest absolute Gasteiger partial charge is 0.223 e. The van der Waals surface area contributed by atoms with Crippen molar-refractivity contribution in [1.29, 1.82) is 0 Å². The maximum Gasteiger partial charge on any atom is 0.222 e. The van der Waals surface area contributed by atoms with Gasteiger partial charge in [-0.25, -0.2) is 9.97 Å². The second-order valence-corrected chi connectivity index (χ2v) is 3.90. The number of nitrogens with zero attached hydrogens (tertiary/aromatic N) is 2. The molecule has 1 aliphatic rings. The molecule has 70 valence electrons. The van der Waals surface area contributed by atoms with Gasteiger partial charge < -0.3 is 0 Å². The highest BCUT2D eigenvalue weighted by atomic mass is 35.5. The molecule has 0 N–H and O–H groups in total. The molecule has 3 heteroatoms. The summed E-state index contributed by atoms with van der Waals surface area (Å²) < 4.78 is 0. The number of hydrogen-bond acceptors (Lipinski definition) is 2. The predicted molar refractivity (Wildman–Crippen MR) is 53.0 cm³/mol. The van der Waals surface area contributed by atoms with Gasteiger partial charge >= 0.3 is 0 Å². The third kappa shape index (κ3) is 1.83. The Balaban J connectivity index is 2.47. The summed E-state index contributed by atoms with van der Waals surface area (Å²) in [6.07, 6.45) is 5.99. The maximum absolute atomic E-state index is 5.81. The molecule has 0 fully saturated rings. The molecule has 0 atom stereocenters. The maximum atomic E-state index is 5.81. The SMILES string of the molecule is Cc1nc(Cl)nc2c1CCCCC2. The molecule has 1 aromatic rings. The monoisotopic (exact) mass is 196 g/mol. The Labute approximate surface area is 83.4 Å². The molecule has 0 saturated heterocycles. The van der Waals surface area contributed by atoms with E-state index in [9.17, 15) is 0 Å². The van der Waals surface area contributed by atoms with Gasteiger partial charge in [0.05, 0.1) is 0 Å². The lowest BCUT2D eigenvalue weighted by atomic mass is 10.1. The van der Waals surface area contributed by atoms with Crippen molar-refractivity contribution in [2.45, 2.75) is 39.0 Å². The minimum Gasteiger partial charge on any atom is -0.223 e. The predicted octanol–water partition coefficient (Wildman–Crippen LogP) is 2.71. The average molecular weight is 197 g/mol. The normalized spacial score (nSPS) is 16.5. The molecule has 1 heterocycles. The first-order valence-corrected chi connectivity index (χ1v) is 5.17. The summed E-state index contributed by atoms with van der Waals surface area (Å²) in [6, 6.07) is 0. The molecule has 0 amide bonds. The van der Waals surface area contributed by atoms with Gasteiger partial charge in [0.2, 0.25) is 5.28 Å². The Kier molecular flexibility index (Phi) is 2.49. The first-order chi connectivity index (χ1) is 6.27. The van der Waals surface area contributed by atoms with E-state index in [0.29, 0.717) is 5.28 Å². The van der Waals surface area contributed by atoms with Crippen LogP contribution in [-0.2, 0) is 12.8 Å². The highest BCUT2D eigenvalue weighted by molar-refractivity contribution is 6.28. The zero-order chi connectivity index (χ0) is 9.26. The molecule has 2 nitrogen and oxygen atoms in total. The van der Waals surface area contributed by atoms with Crippen molar-refractivity contribution in [3.8, 4) is 0 Å². The fourth-order valence-electron chi connectivity index (χ4n) is 1.92. The lowest BCUT2D eigenvalue weighted by Gasteiger charge is -2.07. The molecular formula is C10H13ClN2. The molecule has 2 rings (SSSR count). The van der Waals surface area contributed by atoms with Crippen LogP contribution < -0.4 is 0 Å². The number of fused-ring (bicyclic) bond motifs is 1.